The molecular formula is C12H12N4O. The molecule has 0 saturated carbocycles. The van der Waals surface area contributed by atoms with Gasteiger partial charge in [0.25, 0.3) is 5.91 Å². The third-order valence-corrected chi connectivity index (χ3v) is 2.71. The van der Waals surface area contributed by atoms with Gasteiger partial charge in [-0.2, -0.15) is 5.10 Å². The summed E-state index contributed by atoms with van der Waals surface area (Å²) in [5.41, 5.74) is 5.24. The Labute approximate surface area is 98.6 Å². The number of aryl methyl sites for hydroxylation is 1. The number of aromatic nitrogens is 2. The molecular weight excluding hydrogens is 216 g/mol. The summed E-state index contributed by atoms with van der Waals surface area (Å²) in [5, 5.41) is 6.07. The smallest absolute Gasteiger partial charge is 0.266 e. The maximum atomic E-state index is 11.9. The minimum absolute atomic E-state index is 0.124. The van der Waals surface area contributed by atoms with Crippen molar-refractivity contribution in [3.8, 4) is 0 Å². The topological polar surface area (TPSA) is 50.2 Å². The summed E-state index contributed by atoms with van der Waals surface area (Å²) >= 11 is 0. The van der Waals surface area contributed by atoms with Gasteiger partial charge in [0.05, 0.1) is 11.4 Å². The van der Waals surface area contributed by atoms with Crippen molar-refractivity contribution in [1.29, 1.82) is 0 Å². The van der Waals surface area contributed by atoms with Crippen LogP contribution in [-0.2, 0) is 6.67 Å². The molecule has 5 heteroatoms. The van der Waals surface area contributed by atoms with E-state index >= 15 is 0 Å². The van der Waals surface area contributed by atoms with Crippen LogP contribution in [0, 0.1) is 6.92 Å². The fourth-order valence-corrected chi connectivity index (χ4v) is 1.94. The first-order valence-corrected chi connectivity index (χ1v) is 5.42. The second kappa shape index (κ2) is 3.62. The lowest BCUT2D eigenvalue weighted by Gasteiger charge is -2.29. The number of carbonyl (C=O) groups excluding carboxylic acids is 1. The van der Waals surface area contributed by atoms with Crippen LogP contribution in [0.3, 0.4) is 0 Å². The molecule has 2 heterocycles. The van der Waals surface area contributed by atoms with E-state index in [-0.39, 0.29) is 5.91 Å². The van der Waals surface area contributed by atoms with E-state index < -0.39 is 0 Å². The minimum Gasteiger partial charge on any atom is -0.266 e. The molecule has 0 unspecified atom stereocenters. The summed E-state index contributed by atoms with van der Waals surface area (Å²) in [5.74, 6) is -0.124. The summed E-state index contributed by atoms with van der Waals surface area (Å²) in [7, 11) is 0. The molecule has 0 bridgehead atoms. The number of amides is 1. The zero-order valence-corrected chi connectivity index (χ0v) is 9.42. The molecule has 1 amide bonds. The van der Waals surface area contributed by atoms with Gasteiger partial charge in [0, 0.05) is 0 Å². The zero-order valence-electron chi connectivity index (χ0n) is 9.42. The van der Waals surface area contributed by atoms with Crippen molar-refractivity contribution in [1.82, 2.24) is 15.2 Å². The highest BCUT2D eigenvalue weighted by Crippen LogP contribution is 2.17. The third kappa shape index (κ3) is 1.65. The van der Waals surface area contributed by atoms with E-state index in [0.717, 1.165) is 11.4 Å². The number of nitrogens with one attached hydrogen (secondary N) is 1. The van der Waals surface area contributed by atoms with Crippen molar-refractivity contribution in [2.45, 2.75) is 13.6 Å². The van der Waals surface area contributed by atoms with Crippen molar-refractivity contribution in [2.24, 2.45) is 0 Å². The SMILES string of the molecule is Cc1cc2n(n1)CN(c1ccccc1)NC2=O. The van der Waals surface area contributed by atoms with Crippen LogP contribution in [0.2, 0.25) is 0 Å². The van der Waals surface area contributed by atoms with Gasteiger partial charge in [-0.15, -0.1) is 0 Å². The minimum atomic E-state index is -0.124. The lowest BCUT2D eigenvalue weighted by atomic mass is 10.3. The van der Waals surface area contributed by atoms with Gasteiger partial charge in [0.2, 0.25) is 0 Å². The second-order valence-electron chi connectivity index (χ2n) is 4.02. The van der Waals surface area contributed by atoms with E-state index in [9.17, 15) is 4.79 Å². The molecule has 0 aliphatic carbocycles. The molecule has 1 aromatic heterocycles. The molecule has 0 spiro atoms. The van der Waals surface area contributed by atoms with Crippen molar-refractivity contribution in [3.63, 3.8) is 0 Å². The van der Waals surface area contributed by atoms with Crippen molar-refractivity contribution < 1.29 is 4.79 Å². The zero-order chi connectivity index (χ0) is 11.8. The number of nitrogens with zero attached hydrogens (tertiary/aromatic N) is 3. The Balaban J connectivity index is 1.96. The average molecular weight is 228 g/mol. The van der Waals surface area contributed by atoms with Crippen molar-refractivity contribution in [3.05, 3.63) is 47.8 Å². The quantitative estimate of drug-likeness (QED) is 0.800. The maximum Gasteiger partial charge on any atom is 0.288 e. The number of hydrogen-bond donors (Lipinski definition) is 1. The van der Waals surface area contributed by atoms with E-state index in [2.05, 4.69) is 10.5 Å². The van der Waals surface area contributed by atoms with Gasteiger partial charge >= 0.3 is 0 Å². The Morgan fingerprint density at radius 3 is 2.82 bits per heavy atom. The fraction of sp³-hybridized carbons (Fsp3) is 0.167. The number of hydrogen-bond acceptors (Lipinski definition) is 3. The maximum absolute atomic E-state index is 11.9. The number of rotatable bonds is 1. The van der Waals surface area contributed by atoms with Crippen LogP contribution in [0.4, 0.5) is 5.69 Å². The largest absolute Gasteiger partial charge is 0.288 e. The molecule has 1 aromatic carbocycles. The molecule has 3 rings (SSSR count). The highest BCUT2D eigenvalue weighted by atomic mass is 16.2. The molecule has 5 nitrogen and oxygen atoms in total. The Morgan fingerprint density at radius 2 is 2.06 bits per heavy atom. The lowest BCUT2D eigenvalue weighted by molar-refractivity contribution is 0.0915. The van der Waals surface area contributed by atoms with Crippen LogP contribution >= 0.6 is 0 Å². The van der Waals surface area contributed by atoms with Gasteiger partial charge in [-0.1, -0.05) is 18.2 Å². The molecule has 0 atom stereocenters. The molecule has 2 aromatic rings. The van der Waals surface area contributed by atoms with Crippen LogP contribution < -0.4 is 10.4 Å². The standard InChI is InChI=1S/C12H12N4O/c1-9-7-11-12(17)14-15(8-16(11)13-9)10-5-3-2-4-6-10/h2-7H,8H2,1H3,(H,14,17). The predicted octanol–water partition coefficient (Wildman–Crippen LogP) is 1.31. The first-order valence-electron chi connectivity index (χ1n) is 5.42. The third-order valence-electron chi connectivity index (χ3n) is 2.71. The highest BCUT2D eigenvalue weighted by molar-refractivity contribution is 5.94. The molecule has 1 N–H and O–H groups in total. The molecule has 0 saturated heterocycles. The fourth-order valence-electron chi connectivity index (χ4n) is 1.94. The van der Waals surface area contributed by atoms with Crippen molar-refractivity contribution in [2.75, 3.05) is 5.01 Å². The first-order chi connectivity index (χ1) is 8.24. The number of fused-ring (bicyclic) bond motifs is 1. The van der Waals surface area contributed by atoms with E-state index in [0.29, 0.717) is 12.4 Å². The number of para-hydroxylation sites is 1. The number of carbonyl (C=O) groups is 1. The van der Waals surface area contributed by atoms with Gasteiger partial charge in [-0.25, -0.2) is 4.68 Å². The Kier molecular flexibility index (Phi) is 2.11. The predicted molar refractivity (Wildman–Crippen MR) is 63.4 cm³/mol. The normalized spacial score (nSPS) is 14.4. The van der Waals surface area contributed by atoms with E-state index in [1.54, 1.807) is 15.8 Å². The van der Waals surface area contributed by atoms with E-state index in [4.69, 9.17) is 0 Å². The summed E-state index contributed by atoms with van der Waals surface area (Å²) in [6.07, 6.45) is 0. The highest BCUT2D eigenvalue weighted by Gasteiger charge is 2.23. The molecule has 0 radical (unpaired) electrons. The second-order valence-corrected chi connectivity index (χ2v) is 4.02. The van der Waals surface area contributed by atoms with Crippen molar-refractivity contribution >= 4 is 11.6 Å². The number of anilines is 1. The number of benzene rings is 1. The Bertz CT molecular complexity index is 561. The van der Waals surface area contributed by atoms with Crippen LogP contribution in [0.25, 0.3) is 0 Å². The van der Waals surface area contributed by atoms with E-state index in [1.807, 2.05) is 37.3 Å². The first kappa shape index (κ1) is 9.89. The number of hydrazine groups is 1. The van der Waals surface area contributed by atoms with Gasteiger partial charge in [-0.05, 0) is 25.1 Å². The summed E-state index contributed by atoms with van der Waals surface area (Å²) in [6.45, 7) is 2.41. The molecule has 0 fully saturated rings. The van der Waals surface area contributed by atoms with Gasteiger partial charge in [0.15, 0.2) is 0 Å². The van der Waals surface area contributed by atoms with Crippen LogP contribution in [0.5, 0.6) is 0 Å². The molecule has 86 valence electrons. The molecule has 17 heavy (non-hydrogen) atoms. The summed E-state index contributed by atoms with van der Waals surface area (Å²) in [6, 6.07) is 11.5. The lowest BCUT2D eigenvalue weighted by Crippen LogP contribution is -2.49. The van der Waals surface area contributed by atoms with Crippen LogP contribution in [0.15, 0.2) is 36.4 Å². The Morgan fingerprint density at radius 1 is 1.29 bits per heavy atom. The van der Waals surface area contributed by atoms with Gasteiger partial charge in [0.1, 0.15) is 12.4 Å². The Hall–Kier alpha value is -2.30. The average Bonchev–Trinajstić information content (AvgIpc) is 2.71. The monoisotopic (exact) mass is 228 g/mol. The summed E-state index contributed by atoms with van der Waals surface area (Å²) in [4.78, 5) is 11.9. The molecule has 1 aliphatic rings. The van der Waals surface area contributed by atoms with Crippen LogP contribution in [0.1, 0.15) is 16.2 Å². The van der Waals surface area contributed by atoms with Gasteiger partial charge < -0.3 is 0 Å². The van der Waals surface area contributed by atoms with E-state index in [1.165, 1.54) is 0 Å². The van der Waals surface area contributed by atoms with Gasteiger partial charge in [-0.3, -0.25) is 15.2 Å². The van der Waals surface area contributed by atoms with Crippen LogP contribution in [-0.4, -0.2) is 15.7 Å². The summed E-state index contributed by atoms with van der Waals surface area (Å²) < 4.78 is 1.71. The molecule has 1 aliphatic heterocycles.